The Kier molecular flexibility index (Phi) is 3.24. The van der Waals surface area contributed by atoms with Gasteiger partial charge in [0.25, 0.3) is 0 Å². The van der Waals surface area contributed by atoms with E-state index in [1.165, 1.54) is 6.07 Å². The van der Waals surface area contributed by atoms with Crippen molar-refractivity contribution in [1.29, 1.82) is 0 Å². The number of carbonyl (C=O) groups excluding carboxylic acids is 1. The predicted molar refractivity (Wildman–Crippen MR) is 60.5 cm³/mol. The van der Waals surface area contributed by atoms with Gasteiger partial charge in [-0.2, -0.15) is 0 Å². The fourth-order valence-corrected chi connectivity index (χ4v) is 2.14. The molecule has 4 heteroatoms. The van der Waals surface area contributed by atoms with Crippen LogP contribution < -0.4 is 5.73 Å². The van der Waals surface area contributed by atoms with E-state index < -0.39 is 11.6 Å². The van der Waals surface area contributed by atoms with Crippen LogP contribution in [0.15, 0.2) is 18.2 Å². The molecule has 0 aromatic heterocycles. The summed E-state index contributed by atoms with van der Waals surface area (Å²) in [6, 6.07) is 3.27. The minimum atomic E-state index is -0.668. The van der Waals surface area contributed by atoms with Gasteiger partial charge in [-0.3, -0.25) is 4.79 Å². The number of nitrogens with two attached hydrogens (primary N) is 1. The van der Waals surface area contributed by atoms with Crippen molar-refractivity contribution in [2.24, 2.45) is 5.73 Å². The number of hydrogen-bond donors (Lipinski definition) is 1. The van der Waals surface area contributed by atoms with Gasteiger partial charge < -0.3 is 5.73 Å². The number of halogens is 2. The zero-order valence-corrected chi connectivity index (χ0v) is 9.51. The molecule has 0 bridgehead atoms. The van der Waals surface area contributed by atoms with Crippen LogP contribution in [0.5, 0.6) is 0 Å². The summed E-state index contributed by atoms with van der Waals surface area (Å²) in [6.07, 6.45) is 3.03. The fraction of sp³-hybridized carbons (Fsp3) is 0.462. The highest BCUT2D eigenvalue weighted by Crippen LogP contribution is 2.32. The van der Waals surface area contributed by atoms with Gasteiger partial charge in [0.05, 0.1) is 0 Å². The van der Waals surface area contributed by atoms with E-state index in [4.69, 9.17) is 5.73 Å². The minimum Gasteiger partial charge on any atom is -0.325 e. The molecule has 1 saturated carbocycles. The standard InChI is InChI=1S/C13H15F2NO/c14-10-3-2-9(12(15)7-10)6-11(17)8-13(16)4-1-5-13/h2-3,7H,1,4-6,8,16H2. The summed E-state index contributed by atoms with van der Waals surface area (Å²) in [4.78, 5) is 11.7. The molecule has 17 heavy (non-hydrogen) atoms. The summed E-state index contributed by atoms with van der Waals surface area (Å²) in [7, 11) is 0. The van der Waals surface area contributed by atoms with E-state index in [-0.39, 0.29) is 29.7 Å². The number of ketones is 1. The minimum absolute atomic E-state index is 0.00887. The van der Waals surface area contributed by atoms with Crippen LogP contribution in [0.2, 0.25) is 0 Å². The normalized spacial score (nSPS) is 17.6. The van der Waals surface area contributed by atoms with Gasteiger partial charge in [0.2, 0.25) is 0 Å². The second-order valence-corrected chi connectivity index (χ2v) is 4.84. The van der Waals surface area contributed by atoms with Crippen LogP contribution in [-0.2, 0) is 11.2 Å². The van der Waals surface area contributed by atoms with Crippen molar-refractivity contribution < 1.29 is 13.6 Å². The summed E-state index contributed by atoms with van der Waals surface area (Å²) in [6.45, 7) is 0. The molecule has 1 fully saturated rings. The number of benzene rings is 1. The molecule has 0 heterocycles. The Balaban J connectivity index is 1.98. The van der Waals surface area contributed by atoms with Crippen LogP contribution in [0, 0.1) is 11.6 Å². The van der Waals surface area contributed by atoms with Crippen molar-refractivity contribution in [2.75, 3.05) is 0 Å². The smallest absolute Gasteiger partial charge is 0.139 e. The summed E-state index contributed by atoms with van der Waals surface area (Å²) in [5.41, 5.74) is 5.80. The fourth-order valence-electron chi connectivity index (χ4n) is 2.14. The quantitative estimate of drug-likeness (QED) is 0.876. The number of rotatable bonds is 4. The molecular weight excluding hydrogens is 224 g/mol. The van der Waals surface area contributed by atoms with E-state index in [0.717, 1.165) is 31.4 Å². The third-order valence-corrected chi connectivity index (χ3v) is 3.30. The maximum Gasteiger partial charge on any atom is 0.139 e. The van der Waals surface area contributed by atoms with Crippen LogP contribution in [-0.4, -0.2) is 11.3 Å². The van der Waals surface area contributed by atoms with Crippen molar-refractivity contribution in [3.63, 3.8) is 0 Å². The Labute approximate surface area is 98.8 Å². The zero-order valence-electron chi connectivity index (χ0n) is 9.51. The van der Waals surface area contributed by atoms with Crippen molar-refractivity contribution in [3.05, 3.63) is 35.4 Å². The summed E-state index contributed by atoms with van der Waals surface area (Å²) >= 11 is 0. The Bertz CT molecular complexity index is 441. The molecule has 1 aliphatic carbocycles. The average Bonchev–Trinajstić information content (AvgIpc) is 2.20. The Morgan fingerprint density at radius 3 is 2.59 bits per heavy atom. The molecule has 2 nitrogen and oxygen atoms in total. The Hall–Kier alpha value is -1.29. The van der Waals surface area contributed by atoms with Crippen LogP contribution in [0.3, 0.4) is 0 Å². The molecule has 1 aromatic rings. The molecule has 0 radical (unpaired) electrons. The second-order valence-electron chi connectivity index (χ2n) is 4.84. The first-order valence-corrected chi connectivity index (χ1v) is 5.73. The van der Waals surface area contributed by atoms with Crippen LogP contribution in [0.1, 0.15) is 31.2 Å². The summed E-state index contributed by atoms with van der Waals surface area (Å²) in [5.74, 6) is -1.39. The highest BCUT2D eigenvalue weighted by atomic mass is 19.1. The monoisotopic (exact) mass is 239 g/mol. The van der Waals surface area contributed by atoms with Gasteiger partial charge >= 0.3 is 0 Å². The van der Waals surface area contributed by atoms with E-state index in [1.54, 1.807) is 0 Å². The maximum absolute atomic E-state index is 13.3. The van der Waals surface area contributed by atoms with Crippen molar-refractivity contribution in [1.82, 2.24) is 0 Å². The number of carbonyl (C=O) groups is 1. The molecule has 0 spiro atoms. The van der Waals surface area contributed by atoms with Crippen LogP contribution >= 0.6 is 0 Å². The molecule has 1 aromatic carbocycles. The lowest BCUT2D eigenvalue weighted by Gasteiger charge is -2.37. The summed E-state index contributed by atoms with van der Waals surface area (Å²) < 4.78 is 26.0. The van der Waals surface area contributed by atoms with Gasteiger partial charge in [0, 0.05) is 24.4 Å². The molecule has 1 aliphatic rings. The zero-order chi connectivity index (χ0) is 12.5. The third kappa shape index (κ3) is 2.88. The number of Topliss-reactive ketones (excluding diaryl/α,β-unsaturated/α-hetero) is 1. The molecule has 92 valence electrons. The first-order valence-electron chi connectivity index (χ1n) is 5.73. The average molecular weight is 239 g/mol. The predicted octanol–water partition coefficient (Wildman–Crippen LogP) is 2.35. The van der Waals surface area contributed by atoms with Gasteiger partial charge in [-0.1, -0.05) is 6.07 Å². The van der Waals surface area contributed by atoms with Gasteiger partial charge in [-0.25, -0.2) is 8.78 Å². The highest BCUT2D eigenvalue weighted by Gasteiger charge is 2.34. The lowest BCUT2D eigenvalue weighted by atomic mass is 9.74. The van der Waals surface area contributed by atoms with Crippen LogP contribution in [0.4, 0.5) is 8.78 Å². The van der Waals surface area contributed by atoms with Crippen LogP contribution in [0.25, 0.3) is 0 Å². The van der Waals surface area contributed by atoms with E-state index in [2.05, 4.69) is 0 Å². The van der Waals surface area contributed by atoms with Crippen molar-refractivity contribution in [3.8, 4) is 0 Å². The number of hydrogen-bond acceptors (Lipinski definition) is 2. The SMILES string of the molecule is NC1(CC(=O)Cc2ccc(F)cc2F)CCC1. The van der Waals surface area contributed by atoms with Gasteiger partial charge in [-0.15, -0.1) is 0 Å². The molecular formula is C13H15F2NO. The Morgan fingerprint density at radius 2 is 2.06 bits per heavy atom. The second kappa shape index (κ2) is 4.53. The molecule has 2 rings (SSSR count). The molecule has 2 N–H and O–H groups in total. The van der Waals surface area contributed by atoms with Gasteiger partial charge in [0.1, 0.15) is 17.4 Å². The largest absolute Gasteiger partial charge is 0.325 e. The van der Waals surface area contributed by atoms with Crippen molar-refractivity contribution >= 4 is 5.78 Å². The van der Waals surface area contributed by atoms with Gasteiger partial charge in [0.15, 0.2) is 0 Å². The first-order chi connectivity index (χ1) is 7.98. The van der Waals surface area contributed by atoms with Crippen molar-refractivity contribution in [2.45, 2.75) is 37.6 Å². The van der Waals surface area contributed by atoms with E-state index in [9.17, 15) is 13.6 Å². The molecule has 0 atom stereocenters. The highest BCUT2D eigenvalue weighted by molar-refractivity contribution is 5.82. The molecule has 0 unspecified atom stereocenters. The molecule has 0 aliphatic heterocycles. The topological polar surface area (TPSA) is 43.1 Å². The molecule has 0 saturated heterocycles. The maximum atomic E-state index is 13.3. The lowest BCUT2D eigenvalue weighted by Crippen LogP contribution is -2.48. The van der Waals surface area contributed by atoms with E-state index >= 15 is 0 Å². The van der Waals surface area contributed by atoms with E-state index in [1.807, 2.05) is 0 Å². The summed E-state index contributed by atoms with van der Waals surface area (Å²) in [5, 5.41) is 0. The first kappa shape index (κ1) is 12.2. The third-order valence-electron chi connectivity index (χ3n) is 3.30. The van der Waals surface area contributed by atoms with Gasteiger partial charge in [-0.05, 0) is 30.9 Å². The lowest BCUT2D eigenvalue weighted by molar-refractivity contribution is -0.120. The van der Waals surface area contributed by atoms with E-state index in [0.29, 0.717) is 0 Å². The molecule has 0 amide bonds. The Morgan fingerprint density at radius 1 is 1.35 bits per heavy atom.